The van der Waals surface area contributed by atoms with Gasteiger partial charge < -0.3 is 9.73 Å². The second-order valence-corrected chi connectivity index (χ2v) is 8.51. The van der Waals surface area contributed by atoms with Crippen molar-refractivity contribution in [3.63, 3.8) is 0 Å². The number of amides is 1. The lowest BCUT2D eigenvalue weighted by molar-refractivity contribution is 0.0956. The van der Waals surface area contributed by atoms with E-state index < -0.39 is 10.0 Å². The second kappa shape index (κ2) is 8.88. The third-order valence-corrected chi connectivity index (χ3v) is 5.94. The Hall–Kier alpha value is -1.57. The third kappa shape index (κ3) is 5.46. The summed E-state index contributed by atoms with van der Waals surface area (Å²) in [6, 6.07) is 7.08. The summed E-state index contributed by atoms with van der Waals surface area (Å²) in [5.41, 5.74) is 1.22. The number of benzene rings is 1. The van der Waals surface area contributed by atoms with E-state index in [4.69, 9.17) is 4.42 Å². The SMILES string of the molecule is Cc1cc2cc(C(=O)NCCS(=O)(=O)NC3CCCCC3)ccc2o1.Cl. The van der Waals surface area contributed by atoms with Gasteiger partial charge in [0.05, 0.1) is 5.75 Å². The van der Waals surface area contributed by atoms with Crippen molar-refractivity contribution in [3.05, 3.63) is 35.6 Å². The molecule has 8 heteroatoms. The molecule has 0 aliphatic heterocycles. The maximum absolute atomic E-state index is 12.2. The lowest BCUT2D eigenvalue weighted by Gasteiger charge is -2.22. The highest BCUT2D eigenvalue weighted by Gasteiger charge is 2.20. The van der Waals surface area contributed by atoms with Gasteiger partial charge in [0, 0.05) is 23.5 Å². The molecule has 3 rings (SSSR count). The Morgan fingerprint density at radius 1 is 1.19 bits per heavy atom. The smallest absolute Gasteiger partial charge is 0.251 e. The Morgan fingerprint density at radius 2 is 1.92 bits per heavy atom. The predicted octanol–water partition coefficient (Wildman–Crippen LogP) is 3.14. The highest BCUT2D eigenvalue weighted by atomic mass is 35.5. The molecule has 1 fully saturated rings. The van der Waals surface area contributed by atoms with Crippen LogP contribution in [0.4, 0.5) is 0 Å². The van der Waals surface area contributed by atoms with E-state index in [9.17, 15) is 13.2 Å². The van der Waals surface area contributed by atoms with Gasteiger partial charge in [-0.3, -0.25) is 4.79 Å². The first-order valence-electron chi connectivity index (χ1n) is 8.71. The van der Waals surface area contributed by atoms with E-state index in [0.29, 0.717) is 5.56 Å². The molecule has 0 radical (unpaired) electrons. The van der Waals surface area contributed by atoms with Crippen LogP contribution < -0.4 is 10.0 Å². The minimum absolute atomic E-state index is 0. The van der Waals surface area contributed by atoms with E-state index in [-0.39, 0.29) is 36.7 Å². The van der Waals surface area contributed by atoms with Crippen LogP contribution in [0, 0.1) is 6.92 Å². The van der Waals surface area contributed by atoms with Crippen LogP contribution in [0.15, 0.2) is 28.7 Å². The van der Waals surface area contributed by atoms with Crippen molar-refractivity contribution in [2.45, 2.75) is 45.1 Å². The molecule has 1 aliphatic carbocycles. The molecule has 26 heavy (non-hydrogen) atoms. The highest BCUT2D eigenvalue weighted by molar-refractivity contribution is 7.89. The van der Waals surface area contributed by atoms with E-state index >= 15 is 0 Å². The summed E-state index contributed by atoms with van der Waals surface area (Å²) in [6.07, 6.45) is 5.11. The van der Waals surface area contributed by atoms with Gasteiger partial charge in [-0.1, -0.05) is 19.3 Å². The monoisotopic (exact) mass is 400 g/mol. The lowest BCUT2D eigenvalue weighted by Crippen LogP contribution is -2.40. The summed E-state index contributed by atoms with van der Waals surface area (Å²) in [6.45, 7) is 1.94. The number of halogens is 1. The number of carbonyl (C=O) groups is 1. The maximum atomic E-state index is 12.2. The zero-order chi connectivity index (χ0) is 17.9. The molecule has 1 heterocycles. The normalized spacial score (nSPS) is 15.6. The van der Waals surface area contributed by atoms with Gasteiger partial charge in [0.1, 0.15) is 11.3 Å². The van der Waals surface area contributed by atoms with Crippen LogP contribution >= 0.6 is 12.4 Å². The van der Waals surface area contributed by atoms with Gasteiger partial charge in [-0.05, 0) is 44.0 Å². The molecule has 0 saturated heterocycles. The number of hydrogen-bond donors (Lipinski definition) is 2. The van der Waals surface area contributed by atoms with Gasteiger partial charge in [0.25, 0.3) is 5.91 Å². The van der Waals surface area contributed by atoms with Crippen LogP contribution in [0.2, 0.25) is 0 Å². The highest BCUT2D eigenvalue weighted by Crippen LogP contribution is 2.20. The van der Waals surface area contributed by atoms with Gasteiger partial charge >= 0.3 is 0 Å². The van der Waals surface area contributed by atoms with Gasteiger partial charge in [-0.2, -0.15) is 0 Å². The zero-order valence-electron chi connectivity index (χ0n) is 14.8. The van der Waals surface area contributed by atoms with E-state index in [2.05, 4.69) is 10.0 Å². The molecular formula is C18H25ClN2O4S. The number of fused-ring (bicyclic) bond motifs is 1. The zero-order valence-corrected chi connectivity index (χ0v) is 16.4. The quantitative estimate of drug-likeness (QED) is 0.779. The first-order valence-corrected chi connectivity index (χ1v) is 10.4. The fourth-order valence-electron chi connectivity index (χ4n) is 3.25. The first-order chi connectivity index (χ1) is 11.9. The van der Waals surface area contributed by atoms with Gasteiger partial charge in [-0.25, -0.2) is 13.1 Å². The van der Waals surface area contributed by atoms with Crippen LogP contribution in [-0.4, -0.2) is 32.7 Å². The minimum Gasteiger partial charge on any atom is -0.461 e. The lowest BCUT2D eigenvalue weighted by atomic mass is 9.96. The number of sulfonamides is 1. The standard InChI is InChI=1S/C18H24N2O4S.ClH/c1-13-11-15-12-14(7-8-17(15)24-13)18(21)19-9-10-25(22,23)20-16-5-3-2-4-6-16;/h7-8,11-12,16,20H,2-6,9-10H2,1H3,(H,19,21);1H. The molecule has 2 N–H and O–H groups in total. The minimum atomic E-state index is -3.37. The first kappa shape index (κ1) is 20.7. The van der Waals surface area contributed by atoms with E-state index in [0.717, 1.165) is 42.4 Å². The molecule has 0 bridgehead atoms. The fraction of sp³-hybridized carbons (Fsp3) is 0.500. The van der Waals surface area contributed by atoms with Crippen molar-refractivity contribution < 1.29 is 17.6 Å². The Kier molecular flexibility index (Phi) is 7.08. The second-order valence-electron chi connectivity index (χ2n) is 6.64. The Labute approximate surface area is 160 Å². The molecule has 1 amide bonds. The van der Waals surface area contributed by atoms with Crippen molar-refractivity contribution in [3.8, 4) is 0 Å². The molecule has 0 atom stereocenters. The van der Waals surface area contributed by atoms with Crippen molar-refractivity contribution in [2.24, 2.45) is 0 Å². The van der Waals surface area contributed by atoms with Crippen LogP contribution in [0.3, 0.4) is 0 Å². The van der Waals surface area contributed by atoms with E-state index in [1.165, 1.54) is 6.42 Å². The van der Waals surface area contributed by atoms with E-state index in [1.54, 1.807) is 18.2 Å². The molecule has 0 spiro atoms. The van der Waals surface area contributed by atoms with Crippen molar-refractivity contribution >= 4 is 39.3 Å². The maximum Gasteiger partial charge on any atom is 0.251 e. The van der Waals surface area contributed by atoms with Crippen LogP contribution in [-0.2, 0) is 10.0 Å². The summed E-state index contributed by atoms with van der Waals surface area (Å²) in [5.74, 6) is 0.392. The fourth-order valence-corrected chi connectivity index (χ4v) is 4.48. The molecule has 1 aromatic heterocycles. The summed E-state index contributed by atoms with van der Waals surface area (Å²) < 4.78 is 32.5. The number of rotatable bonds is 6. The molecule has 0 unspecified atom stereocenters. The van der Waals surface area contributed by atoms with E-state index in [1.807, 2.05) is 13.0 Å². The average molecular weight is 401 g/mol. The summed E-state index contributed by atoms with van der Waals surface area (Å²) in [4.78, 5) is 12.2. The topological polar surface area (TPSA) is 88.4 Å². The number of furan rings is 1. The molecule has 6 nitrogen and oxygen atoms in total. The Bertz CT molecular complexity index is 857. The Morgan fingerprint density at radius 3 is 2.65 bits per heavy atom. The largest absolute Gasteiger partial charge is 0.461 e. The summed E-state index contributed by atoms with van der Waals surface area (Å²) in [5, 5.41) is 3.53. The molecule has 1 saturated carbocycles. The molecule has 144 valence electrons. The summed E-state index contributed by atoms with van der Waals surface area (Å²) in [7, 11) is -3.37. The van der Waals surface area contributed by atoms with Gasteiger partial charge in [0.15, 0.2) is 0 Å². The van der Waals surface area contributed by atoms with Crippen molar-refractivity contribution in [2.75, 3.05) is 12.3 Å². The molecule has 1 aliphatic rings. The number of hydrogen-bond acceptors (Lipinski definition) is 4. The van der Waals surface area contributed by atoms with Crippen LogP contribution in [0.25, 0.3) is 11.0 Å². The third-order valence-electron chi connectivity index (χ3n) is 4.51. The number of carbonyl (C=O) groups excluding carboxylic acids is 1. The van der Waals surface area contributed by atoms with Gasteiger partial charge in [-0.15, -0.1) is 12.4 Å². The van der Waals surface area contributed by atoms with Crippen molar-refractivity contribution in [1.82, 2.24) is 10.0 Å². The number of aryl methyl sites for hydroxylation is 1. The Balaban J connectivity index is 0.00000243. The van der Waals surface area contributed by atoms with Crippen LogP contribution in [0.1, 0.15) is 48.2 Å². The molecule has 1 aromatic carbocycles. The average Bonchev–Trinajstić information content (AvgIpc) is 2.94. The van der Waals surface area contributed by atoms with Crippen molar-refractivity contribution in [1.29, 1.82) is 0 Å². The summed E-state index contributed by atoms with van der Waals surface area (Å²) >= 11 is 0. The van der Waals surface area contributed by atoms with Gasteiger partial charge in [0.2, 0.25) is 10.0 Å². The van der Waals surface area contributed by atoms with Crippen LogP contribution in [0.5, 0.6) is 0 Å². The molecule has 2 aromatic rings. The number of nitrogens with one attached hydrogen (secondary N) is 2. The predicted molar refractivity (Wildman–Crippen MR) is 104 cm³/mol. The molecular weight excluding hydrogens is 376 g/mol.